The van der Waals surface area contributed by atoms with Crippen LogP contribution >= 0.6 is 0 Å². The SMILES string of the molecule is Cc1cc(C(C)(C)C)ccc1-n1c2ccc(C(C)(C)C)cc2c2cc3c(cc21)N(c1ccc2c(c1)C(C)(C)c1cc(C(C)(C)C)ccc1-2)c1cc(C(C)(C)C)cc2c1[B]C3c1cc3c(cc1N2c1ccc2c(c1)C(C)(C)CCC2(C)C)C(C)(C)CCC3(C)C. The Kier molecular flexibility index (Phi) is 12.7. The van der Waals surface area contributed by atoms with Crippen molar-refractivity contribution in [3.63, 3.8) is 0 Å². The molecule has 0 saturated heterocycles. The van der Waals surface area contributed by atoms with Gasteiger partial charge >= 0.3 is 0 Å². The summed E-state index contributed by atoms with van der Waals surface area (Å²) in [5.41, 5.74) is 32.9. The van der Waals surface area contributed by atoms with Gasteiger partial charge in [-0.2, -0.15) is 0 Å². The number of benzene rings is 8. The van der Waals surface area contributed by atoms with E-state index in [2.05, 4.69) is 308 Å². The third-order valence-electron chi connectivity index (χ3n) is 22.9. The molecule has 0 saturated carbocycles. The summed E-state index contributed by atoms with van der Waals surface area (Å²) in [6.45, 7) is 55.7. The summed E-state index contributed by atoms with van der Waals surface area (Å²) in [6.07, 6.45) is 4.63. The van der Waals surface area contributed by atoms with Gasteiger partial charge in [0.15, 0.2) is 7.28 Å². The first-order valence-electron chi connectivity index (χ1n) is 33.8. The summed E-state index contributed by atoms with van der Waals surface area (Å²) in [4.78, 5) is 5.50. The number of nitrogens with zero attached hydrogens (tertiary/aromatic N) is 3. The van der Waals surface area contributed by atoms with E-state index in [1.165, 1.54) is 157 Å². The highest BCUT2D eigenvalue weighted by Crippen LogP contribution is 2.59. The number of rotatable bonds is 3. The molecule has 457 valence electrons. The zero-order valence-electron chi connectivity index (χ0n) is 58.4. The number of fused-ring (bicyclic) bond motifs is 13. The Labute approximate surface area is 536 Å². The monoisotopic (exact) mass is 1170 g/mol. The van der Waals surface area contributed by atoms with Gasteiger partial charge in [0.2, 0.25) is 0 Å². The third-order valence-corrected chi connectivity index (χ3v) is 22.9. The molecule has 5 aliphatic rings. The van der Waals surface area contributed by atoms with E-state index in [1.54, 1.807) is 0 Å². The van der Waals surface area contributed by atoms with Crippen molar-refractivity contribution < 1.29 is 0 Å². The Morgan fingerprint density at radius 2 is 0.798 bits per heavy atom. The van der Waals surface area contributed by atoms with Crippen molar-refractivity contribution in [2.75, 3.05) is 9.80 Å². The van der Waals surface area contributed by atoms with Crippen molar-refractivity contribution in [2.45, 2.75) is 239 Å². The number of anilines is 6. The molecule has 0 amide bonds. The molecule has 89 heavy (non-hydrogen) atoms. The van der Waals surface area contributed by atoms with Crippen LogP contribution in [0.25, 0.3) is 38.6 Å². The maximum absolute atomic E-state index is 2.76. The van der Waals surface area contributed by atoms with Crippen molar-refractivity contribution in [3.8, 4) is 16.8 Å². The fraction of sp³-hybridized carbons (Fsp3) is 0.435. The molecule has 0 fully saturated rings. The van der Waals surface area contributed by atoms with Gasteiger partial charge in [0.1, 0.15) is 0 Å². The van der Waals surface area contributed by atoms with Crippen molar-refractivity contribution in [1.82, 2.24) is 4.57 Å². The lowest BCUT2D eigenvalue weighted by atomic mass is 9.53. The summed E-state index contributed by atoms with van der Waals surface area (Å²) in [5.74, 6) is -0.112. The van der Waals surface area contributed by atoms with Crippen LogP contribution in [0.3, 0.4) is 0 Å². The maximum Gasteiger partial charge on any atom is 0.172 e. The molecule has 0 spiro atoms. The van der Waals surface area contributed by atoms with Gasteiger partial charge in [-0.3, -0.25) is 0 Å². The lowest BCUT2D eigenvalue weighted by Gasteiger charge is -2.44. The molecule has 1 unspecified atom stereocenters. The Morgan fingerprint density at radius 1 is 0.360 bits per heavy atom. The molecule has 4 heteroatoms. The molecule has 3 nitrogen and oxygen atoms in total. The lowest BCUT2D eigenvalue weighted by Crippen LogP contribution is -2.35. The van der Waals surface area contributed by atoms with E-state index in [0.717, 1.165) is 19.3 Å². The smallest absolute Gasteiger partial charge is 0.172 e. The van der Waals surface area contributed by atoms with Crippen LogP contribution in [0, 0.1) is 6.92 Å². The van der Waals surface area contributed by atoms with E-state index < -0.39 is 0 Å². The van der Waals surface area contributed by atoms with Crippen LogP contribution < -0.4 is 15.3 Å². The first-order chi connectivity index (χ1) is 41.3. The van der Waals surface area contributed by atoms with E-state index in [9.17, 15) is 0 Å². The first kappa shape index (κ1) is 59.8. The summed E-state index contributed by atoms with van der Waals surface area (Å²) >= 11 is 0. The summed E-state index contributed by atoms with van der Waals surface area (Å²) in [6, 6.07) is 53.0. The molecular formula is C85H99BN3. The maximum atomic E-state index is 2.76. The highest BCUT2D eigenvalue weighted by Gasteiger charge is 2.46. The van der Waals surface area contributed by atoms with Crippen molar-refractivity contribution in [3.05, 3.63) is 200 Å². The largest absolute Gasteiger partial charge is 0.311 e. The van der Waals surface area contributed by atoms with Crippen LogP contribution in [-0.2, 0) is 48.7 Å². The molecule has 1 aromatic heterocycles. The number of aryl methyl sites for hydroxylation is 1. The van der Waals surface area contributed by atoms with E-state index in [-0.39, 0.29) is 54.6 Å². The van der Waals surface area contributed by atoms with Crippen LogP contribution in [0.1, 0.15) is 256 Å². The van der Waals surface area contributed by atoms with Gasteiger partial charge < -0.3 is 14.4 Å². The number of hydrogen-bond acceptors (Lipinski definition) is 2. The second kappa shape index (κ2) is 18.9. The van der Waals surface area contributed by atoms with E-state index >= 15 is 0 Å². The highest BCUT2D eigenvalue weighted by atomic mass is 15.2. The topological polar surface area (TPSA) is 11.4 Å². The summed E-state index contributed by atoms with van der Waals surface area (Å²) in [7, 11) is 2.73. The van der Waals surface area contributed by atoms with Gasteiger partial charge in [0.25, 0.3) is 0 Å². The summed E-state index contributed by atoms with van der Waals surface area (Å²) < 4.78 is 2.62. The fourth-order valence-electron chi connectivity index (χ4n) is 16.6. The van der Waals surface area contributed by atoms with Crippen LogP contribution in [0.4, 0.5) is 34.1 Å². The average Bonchev–Trinajstić information content (AvgIpc) is 1.63. The number of hydrogen-bond donors (Lipinski definition) is 0. The van der Waals surface area contributed by atoms with Gasteiger partial charge in [-0.1, -0.05) is 207 Å². The lowest BCUT2D eigenvalue weighted by molar-refractivity contribution is 0.331. The standard InChI is InChI=1S/C85H99BN3/c1-49-38-50(77(2,3)4)25-32-68(49)89-69-33-26-51(78(5,6)7)39-58(69)59-45-60-72(48-71(59)89)88(54-27-30-57-56-29-24-52(79(8,9)10)40-63(56)85(22,23)64(57)43-54)74-42-53(80(11,12)13)41-73-76(74)86-75(60)61-46-66-67(84(20,21)37-36-83(66,18)19)47-70(61)87(73)55-28-31-62-65(44-55)82(16,17)35-34-81(62,14)15/h24-33,38-48,75H,34-37H2,1-23H3. The van der Waals surface area contributed by atoms with E-state index in [1.807, 2.05) is 0 Å². The number of aromatic nitrogens is 1. The minimum Gasteiger partial charge on any atom is -0.311 e. The van der Waals surface area contributed by atoms with Gasteiger partial charge in [0.05, 0.1) is 16.7 Å². The molecule has 2 aliphatic heterocycles. The molecule has 1 radical (unpaired) electrons. The highest BCUT2D eigenvalue weighted by molar-refractivity contribution is 6.61. The second-order valence-corrected chi connectivity index (χ2v) is 35.6. The predicted molar refractivity (Wildman–Crippen MR) is 385 cm³/mol. The van der Waals surface area contributed by atoms with Crippen LogP contribution in [0.2, 0.25) is 0 Å². The minimum atomic E-state index is -0.236. The normalized spacial score (nSPS) is 19.2. The van der Waals surface area contributed by atoms with Crippen LogP contribution in [-0.4, -0.2) is 11.8 Å². The van der Waals surface area contributed by atoms with Crippen LogP contribution in [0.5, 0.6) is 0 Å². The van der Waals surface area contributed by atoms with Gasteiger partial charge in [0, 0.05) is 50.3 Å². The Morgan fingerprint density at radius 3 is 1.37 bits per heavy atom. The van der Waals surface area contributed by atoms with Gasteiger partial charge in [-0.15, -0.1) is 0 Å². The molecule has 0 N–H and O–H groups in total. The summed E-state index contributed by atoms with van der Waals surface area (Å²) in [5, 5.41) is 2.59. The zero-order valence-corrected chi connectivity index (χ0v) is 58.4. The molecule has 9 aromatic rings. The van der Waals surface area contributed by atoms with Crippen molar-refractivity contribution in [1.29, 1.82) is 0 Å². The van der Waals surface area contributed by atoms with E-state index in [4.69, 9.17) is 0 Å². The quantitative estimate of drug-likeness (QED) is 0.163. The molecule has 3 heterocycles. The average molecular weight is 1170 g/mol. The molecule has 2 bridgehead atoms. The second-order valence-electron chi connectivity index (χ2n) is 35.6. The fourth-order valence-corrected chi connectivity index (χ4v) is 16.6. The molecule has 3 aliphatic carbocycles. The Balaban J connectivity index is 1.16. The Hall–Kier alpha value is -6.78. The molecular weight excluding hydrogens is 1070 g/mol. The van der Waals surface area contributed by atoms with Crippen LogP contribution in [0.15, 0.2) is 127 Å². The molecule has 8 aromatic carbocycles. The predicted octanol–water partition coefficient (Wildman–Crippen LogP) is 23.0. The van der Waals surface area contributed by atoms with Gasteiger partial charge in [-0.25, -0.2) is 0 Å². The molecule has 14 rings (SSSR count). The first-order valence-corrected chi connectivity index (χ1v) is 33.8. The molecule has 1 atom stereocenters. The van der Waals surface area contributed by atoms with Gasteiger partial charge in [-0.05, 0) is 243 Å². The van der Waals surface area contributed by atoms with Crippen molar-refractivity contribution in [2.24, 2.45) is 0 Å². The zero-order chi connectivity index (χ0) is 63.8. The third kappa shape index (κ3) is 9.14. The minimum absolute atomic E-state index is 0.0107. The van der Waals surface area contributed by atoms with Crippen molar-refractivity contribution >= 4 is 68.7 Å². The Bertz CT molecular complexity index is 4500. The van der Waals surface area contributed by atoms with E-state index in [0.29, 0.717) is 0 Å².